The van der Waals surface area contributed by atoms with Crippen LogP contribution in [-0.2, 0) is 7.05 Å². The Bertz CT molecular complexity index is 602. The number of carbonyl (C=O) groups is 1. The standard InChI is InChI=1S/C13H11ClN2O2/c1-16-12(10(14)6-15-16)13(17)9-7-18-11-5-3-2-4-8(9)11/h2-6,9H,7H2,1H3. The Labute approximate surface area is 109 Å². The van der Waals surface area contributed by atoms with Gasteiger partial charge >= 0.3 is 0 Å². The van der Waals surface area contributed by atoms with Gasteiger partial charge in [0.2, 0.25) is 0 Å². The van der Waals surface area contributed by atoms with Gasteiger partial charge in [-0.1, -0.05) is 29.8 Å². The number of aromatic nitrogens is 2. The molecule has 1 unspecified atom stereocenters. The molecule has 2 aromatic rings. The first kappa shape index (κ1) is 11.3. The summed E-state index contributed by atoms with van der Waals surface area (Å²) >= 11 is 6.00. The number of aryl methyl sites for hydroxylation is 1. The van der Waals surface area contributed by atoms with Crippen molar-refractivity contribution in [3.8, 4) is 5.75 Å². The molecule has 1 aromatic heterocycles. The predicted molar refractivity (Wildman–Crippen MR) is 67.2 cm³/mol. The van der Waals surface area contributed by atoms with Gasteiger partial charge in [-0.3, -0.25) is 9.48 Å². The summed E-state index contributed by atoms with van der Waals surface area (Å²) in [5.41, 5.74) is 1.35. The van der Waals surface area contributed by atoms with Gasteiger partial charge in [-0.25, -0.2) is 0 Å². The summed E-state index contributed by atoms with van der Waals surface area (Å²) in [5, 5.41) is 4.37. The van der Waals surface area contributed by atoms with Crippen LogP contribution in [-0.4, -0.2) is 22.2 Å². The first-order valence-corrected chi connectivity index (χ1v) is 5.99. The number of rotatable bonds is 2. The van der Waals surface area contributed by atoms with Crippen molar-refractivity contribution in [3.63, 3.8) is 0 Å². The second kappa shape index (κ2) is 4.14. The Morgan fingerprint density at radius 3 is 3.00 bits per heavy atom. The van der Waals surface area contributed by atoms with E-state index in [1.54, 1.807) is 7.05 Å². The minimum absolute atomic E-state index is 0.0510. The molecule has 1 aliphatic heterocycles. The Kier molecular flexibility index (Phi) is 2.59. The third-order valence-corrected chi connectivity index (χ3v) is 3.42. The molecule has 1 atom stereocenters. The van der Waals surface area contributed by atoms with E-state index in [0.29, 0.717) is 17.3 Å². The maximum Gasteiger partial charge on any atom is 0.193 e. The summed E-state index contributed by atoms with van der Waals surface area (Å²) < 4.78 is 7.02. The first-order chi connectivity index (χ1) is 8.68. The Morgan fingerprint density at radius 2 is 2.28 bits per heavy atom. The van der Waals surface area contributed by atoms with E-state index in [1.165, 1.54) is 10.9 Å². The SMILES string of the molecule is Cn1ncc(Cl)c1C(=O)C1COc2ccccc21. The van der Waals surface area contributed by atoms with Crippen molar-refractivity contribution >= 4 is 17.4 Å². The number of nitrogens with zero attached hydrogens (tertiary/aromatic N) is 2. The molecular formula is C13H11ClN2O2. The highest BCUT2D eigenvalue weighted by molar-refractivity contribution is 6.33. The van der Waals surface area contributed by atoms with E-state index in [0.717, 1.165) is 11.3 Å². The Hall–Kier alpha value is -1.81. The molecule has 4 nitrogen and oxygen atoms in total. The number of hydrogen-bond donors (Lipinski definition) is 0. The van der Waals surface area contributed by atoms with Crippen molar-refractivity contribution < 1.29 is 9.53 Å². The van der Waals surface area contributed by atoms with Crippen LogP contribution in [0.1, 0.15) is 22.0 Å². The second-order valence-electron chi connectivity index (χ2n) is 4.23. The fourth-order valence-corrected chi connectivity index (χ4v) is 2.49. The third-order valence-electron chi connectivity index (χ3n) is 3.14. The summed E-state index contributed by atoms with van der Waals surface area (Å²) in [6.07, 6.45) is 1.48. The smallest absolute Gasteiger partial charge is 0.193 e. The zero-order chi connectivity index (χ0) is 12.7. The van der Waals surface area contributed by atoms with Crippen molar-refractivity contribution in [3.05, 3.63) is 46.7 Å². The molecule has 3 rings (SSSR count). The highest BCUT2D eigenvalue weighted by atomic mass is 35.5. The van der Waals surface area contributed by atoms with Crippen LogP contribution in [0.2, 0.25) is 5.02 Å². The van der Waals surface area contributed by atoms with Gasteiger partial charge in [0, 0.05) is 12.6 Å². The Morgan fingerprint density at radius 1 is 1.50 bits per heavy atom. The Balaban J connectivity index is 2.01. The maximum atomic E-state index is 12.5. The number of ether oxygens (including phenoxy) is 1. The lowest BCUT2D eigenvalue weighted by Gasteiger charge is -2.08. The fraction of sp³-hybridized carbons (Fsp3) is 0.231. The zero-order valence-corrected chi connectivity index (χ0v) is 10.5. The number of fused-ring (bicyclic) bond motifs is 1. The lowest BCUT2D eigenvalue weighted by Crippen LogP contribution is -2.18. The van der Waals surface area contributed by atoms with E-state index >= 15 is 0 Å². The maximum absolute atomic E-state index is 12.5. The van der Waals surface area contributed by atoms with Crippen molar-refractivity contribution in [1.29, 1.82) is 0 Å². The molecule has 0 radical (unpaired) electrons. The van der Waals surface area contributed by atoms with E-state index in [9.17, 15) is 4.79 Å². The normalized spacial score (nSPS) is 17.3. The third kappa shape index (κ3) is 1.61. The summed E-state index contributed by atoms with van der Waals surface area (Å²) in [5.74, 6) is 0.424. The number of halogens is 1. The molecule has 2 heterocycles. The lowest BCUT2D eigenvalue weighted by molar-refractivity contribution is 0.0938. The lowest BCUT2D eigenvalue weighted by atomic mass is 9.95. The van der Waals surface area contributed by atoms with Gasteiger partial charge in [-0.2, -0.15) is 5.10 Å². The van der Waals surface area contributed by atoms with Crippen molar-refractivity contribution in [1.82, 2.24) is 9.78 Å². The van der Waals surface area contributed by atoms with Gasteiger partial charge in [0.1, 0.15) is 18.1 Å². The van der Waals surface area contributed by atoms with Gasteiger partial charge < -0.3 is 4.74 Å². The van der Waals surface area contributed by atoms with Gasteiger partial charge in [-0.05, 0) is 6.07 Å². The van der Waals surface area contributed by atoms with Crippen molar-refractivity contribution in [2.24, 2.45) is 7.05 Å². The molecule has 0 bridgehead atoms. The van der Waals surface area contributed by atoms with Crippen LogP contribution in [0.3, 0.4) is 0 Å². The first-order valence-electron chi connectivity index (χ1n) is 5.62. The molecule has 0 aliphatic carbocycles. The fourth-order valence-electron chi connectivity index (χ4n) is 2.23. The molecule has 1 aromatic carbocycles. The van der Waals surface area contributed by atoms with E-state index in [-0.39, 0.29) is 11.7 Å². The monoisotopic (exact) mass is 262 g/mol. The summed E-state index contributed by atoms with van der Waals surface area (Å²) in [6.45, 7) is 0.361. The molecular weight excluding hydrogens is 252 g/mol. The highest BCUT2D eigenvalue weighted by Crippen LogP contribution is 2.36. The van der Waals surface area contributed by atoms with E-state index < -0.39 is 0 Å². The minimum atomic E-state index is -0.297. The summed E-state index contributed by atoms with van der Waals surface area (Å²) in [7, 11) is 1.71. The van der Waals surface area contributed by atoms with Gasteiger partial charge in [0.25, 0.3) is 0 Å². The molecule has 0 N–H and O–H groups in total. The van der Waals surface area contributed by atoms with Crippen LogP contribution >= 0.6 is 11.6 Å². The molecule has 1 aliphatic rings. The summed E-state index contributed by atoms with van der Waals surface area (Å²) in [4.78, 5) is 12.5. The van der Waals surface area contributed by atoms with Gasteiger partial charge in [0.05, 0.1) is 17.1 Å². The summed E-state index contributed by atoms with van der Waals surface area (Å²) in [6, 6.07) is 7.57. The average molecular weight is 263 g/mol. The minimum Gasteiger partial charge on any atom is -0.492 e. The number of hydrogen-bond acceptors (Lipinski definition) is 3. The van der Waals surface area contributed by atoms with Crippen molar-refractivity contribution in [2.75, 3.05) is 6.61 Å². The molecule has 92 valence electrons. The van der Waals surface area contributed by atoms with E-state index in [1.807, 2.05) is 24.3 Å². The number of para-hydroxylation sites is 1. The number of carbonyl (C=O) groups excluding carboxylic acids is 1. The quantitative estimate of drug-likeness (QED) is 0.781. The largest absolute Gasteiger partial charge is 0.492 e. The van der Waals surface area contributed by atoms with Crippen LogP contribution in [0, 0.1) is 0 Å². The number of benzene rings is 1. The topological polar surface area (TPSA) is 44.1 Å². The highest BCUT2D eigenvalue weighted by Gasteiger charge is 2.33. The second-order valence-corrected chi connectivity index (χ2v) is 4.64. The van der Waals surface area contributed by atoms with Crippen LogP contribution in [0.5, 0.6) is 5.75 Å². The molecule has 5 heteroatoms. The van der Waals surface area contributed by atoms with Crippen LogP contribution < -0.4 is 4.74 Å². The van der Waals surface area contributed by atoms with E-state index in [4.69, 9.17) is 16.3 Å². The molecule has 18 heavy (non-hydrogen) atoms. The van der Waals surface area contributed by atoms with Gasteiger partial charge in [0.15, 0.2) is 5.78 Å². The zero-order valence-electron chi connectivity index (χ0n) is 9.76. The van der Waals surface area contributed by atoms with Crippen LogP contribution in [0.25, 0.3) is 0 Å². The number of Topliss-reactive ketones (excluding diaryl/α,β-unsaturated/α-hetero) is 1. The van der Waals surface area contributed by atoms with Crippen LogP contribution in [0.15, 0.2) is 30.5 Å². The molecule has 0 saturated carbocycles. The van der Waals surface area contributed by atoms with Crippen molar-refractivity contribution in [2.45, 2.75) is 5.92 Å². The molecule has 0 amide bonds. The molecule has 0 fully saturated rings. The average Bonchev–Trinajstić information content (AvgIpc) is 2.93. The van der Waals surface area contributed by atoms with Crippen LogP contribution in [0.4, 0.5) is 0 Å². The predicted octanol–water partition coefficient (Wildman–Crippen LogP) is 2.43. The molecule has 0 saturated heterocycles. The van der Waals surface area contributed by atoms with Gasteiger partial charge in [-0.15, -0.1) is 0 Å². The number of ketones is 1. The van der Waals surface area contributed by atoms with E-state index in [2.05, 4.69) is 5.10 Å². The molecule has 0 spiro atoms.